The van der Waals surface area contributed by atoms with E-state index in [1.165, 1.54) is 0 Å². The molecule has 0 radical (unpaired) electrons. The van der Waals surface area contributed by atoms with E-state index in [0.29, 0.717) is 12.2 Å². The van der Waals surface area contributed by atoms with E-state index in [2.05, 4.69) is 9.97 Å². The zero-order valence-corrected chi connectivity index (χ0v) is 9.75. The molecule has 0 amide bonds. The molecule has 0 spiro atoms. The smallest absolute Gasteiger partial charge is 0.169 e. The van der Waals surface area contributed by atoms with E-state index in [-0.39, 0.29) is 0 Å². The van der Waals surface area contributed by atoms with Crippen molar-refractivity contribution in [1.82, 2.24) is 14.5 Å². The number of carbonyl (C=O) groups excluding carboxylic acids is 1. The number of hydrogen-bond acceptors (Lipinski definition) is 4. The number of rotatable bonds is 4. The summed E-state index contributed by atoms with van der Waals surface area (Å²) in [6.07, 6.45) is 4.02. The molecule has 0 saturated heterocycles. The first-order valence-corrected chi connectivity index (χ1v) is 5.20. The predicted octanol–water partition coefficient (Wildman–Crippen LogP) is 1.46. The van der Waals surface area contributed by atoms with Gasteiger partial charge in [-0.05, 0) is 6.92 Å². The van der Waals surface area contributed by atoms with Crippen LogP contribution >= 0.6 is 0 Å². The normalized spacial score (nSPS) is 10.2. The number of imidazole rings is 1. The highest BCUT2D eigenvalue weighted by Crippen LogP contribution is 2.14. The summed E-state index contributed by atoms with van der Waals surface area (Å²) >= 11 is 0. The maximum atomic E-state index is 10.5. The summed E-state index contributed by atoms with van der Waals surface area (Å²) < 4.78 is 6.99. The molecule has 0 unspecified atom stereocenters. The lowest BCUT2D eigenvalue weighted by atomic mass is 10.3. The highest BCUT2D eigenvalue weighted by molar-refractivity contribution is 5.70. The molecule has 2 rings (SSSR count). The van der Waals surface area contributed by atoms with Crippen molar-refractivity contribution in [3.63, 3.8) is 0 Å². The largest absolute Gasteiger partial charge is 0.497 e. The lowest BCUT2D eigenvalue weighted by Gasteiger charge is -2.06. The van der Waals surface area contributed by atoms with E-state index in [9.17, 15) is 4.79 Å². The SMILES string of the molecule is COc1cc(C)nc(Cn2cnc(C=O)c2)c1. The third-order valence-electron chi connectivity index (χ3n) is 2.33. The van der Waals surface area contributed by atoms with Crippen LogP contribution in [0.5, 0.6) is 5.75 Å². The number of aryl methyl sites for hydroxylation is 1. The first-order valence-electron chi connectivity index (χ1n) is 5.20. The summed E-state index contributed by atoms with van der Waals surface area (Å²) in [5.74, 6) is 0.781. The quantitative estimate of drug-likeness (QED) is 0.747. The highest BCUT2D eigenvalue weighted by Gasteiger charge is 2.03. The second-order valence-corrected chi connectivity index (χ2v) is 3.73. The van der Waals surface area contributed by atoms with Gasteiger partial charge in [0, 0.05) is 24.0 Å². The minimum absolute atomic E-state index is 0.421. The monoisotopic (exact) mass is 231 g/mol. The average molecular weight is 231 g/mol. The molecule has 0 N–H and O–H groups in total. The van der Waals surface area contributed by atoms with Crippen LogP contribution in [0.25, 0.3) is 0 Å². The minimum atomic E-state index is 0.421. The Morgan fingerprint density at radius 2 is 2.29 bits per heavy atom. The zero-order valence-electron chi connectivity index (χ0n) is 9.75. The van der Waals surface area contributed by atoms with Crippen LogP contribution in [-0.2, 0) is 6.54 Å². The third-order valence-corrected chi connectivity index (χ3v) is 2.33. The first kappa shape index (κ1) is 11.3. The van der Waals surface area contributed by atoms with Crippen molar-refractivity contribution in [2.45, 2.75) is 13.5 Å². The Balaban J connectivity index is 2.22. The molecule has 17 heavy (non-hydrogen) atoms. The van der Waals surface area contributed by atoms with Crippen LogP contribution < -0.4 is 4.74 Å². The van der Waals surface area contributed by atoms with Crippen molar-refractivity contribution >= 4 is 6.29 Å². The molecule has 5 nitrogen and oxygen atoms in total. The molecular formula is C12H13N3O2. The highest BCUT2D eigenvalue weighted by atomic mass is 16.5. The van der Waals surface area contributed by atoms with Crippen LogP contribution in [0.15, 0.2) is 24.7 Å². The van der Waals surface area contributed by atoms with E-state index in [1.807, 2.05) is 23.6 Å². The number of aldehydes is 1. The molecule has 2 aromatic rings. The van der Waals surface area contributed by atoms with Gasteiger partial charge in [-0.3, -0.25) is 9.78 Å². The fourth-order valence-electron chi connectivity index (χ4n) is 1.61. The molecule has 5 heteroatoms. The number of carbonyl (C=O) groups is 1. The van der Waals surface area contributed by atoms with E-state index in [4.69, 9.17) is 4.74 Å². The van der Waals surface area contributed by atoms with Crippen LogP contribution in [0.3, 0.4) is 0 Å². The lowest BCUT2D eigenvalue weighted by molar-refractivity contribution is 0.111. The maximum Gasteiger partial charge on any atom is 0.169 e. The fraction of sp³-hybridized carbons (Fsp3) is 0.250. The summed E-state index contributed by atoms with van der Waals surface area (Å²) in [5.41, 5.74) is 2.19. The van der Waals surface area contributed by atoms with Gasteiger partial charge in [0.1, 0.15) is 11.4 Å². The van der Waals surface area contributed by atoms with Gasteiger partial charge in [0.25, 0.3) is 0 Å². The van der Waals surface area contributed by atoms with Gasteiger partial charge in [-0.15, -0.1) is 0 Å². The van der Waals surface area contributed by atoms with E-state index < -0.39 is 0 Å². The molecular weight excluding hydrogens is 218 g/mol. The van der Waals surface area contributed by atoms with E-state index >= 15 is 0 Å². The Bertz CT molecular complexity index is 534. The number of pyridine rings is 1. The van der Waals surface area contributed by atoms with Crippen LogP contribution in [0.4, 0.5) is 0 Å². The van der Waals surface area contributed by atoms with Crippen molar-refractivity contribution in [3.8, 4) is 5.75 Å². The number of aromatic nitrogens is 3. The molecule has 0 aliphatic carbocycles. The van der Waals surface area contributed by atoms with E-state index in [0.717, 1.165) is 23.4 Å². The molecule has 2 heterocycles. The fourth-order valence-corrected chi connectivity index (χ4v) is 1.61. The van der Waals surface area contributed by atoms with Crippen LogP contribution in [-0.4, -0.2) is 27.9 Å². The molecule has 0 saturated carbocycles. The third kappa shape index (κ3) is 2.69. The minimum Gasteiger partial charge on any atom is -0.497 e. The van der Waals surface area contributed by atoms with Gasteiger partial charge in [-0.25, -0.2) is 4.98 Å². The Morgan fingerprint density at radius 3 is 2.94 bits per heavy atom. The predicted molar refractivity (Wildman–Crippen MR) is 62.2 cm³/mol. The average Bonchev–Trinajstić information content (AvgIpc) is 2.76. The van der Waals surface area contributed by atoms with Crippen molar-refractivity contribution in [1.29, 1.82) is 0 Å². The van der Waals surface area contributed by atoms with Crippen molar-refractivity contribution in [2.24, 2.45) is 0 Å². The van der Waals surface area contributed by atoms with Gasteiger partial charge in [0.05, 0.1) is 25.7 Å². The van der Waals surface area contributed by atoms with Gasteiger partial charge >= 0.3 is 0 Å². The van der Waals surface area contributed by atoms with Gasteiger partial charge in [-0.1, -0.05) is 0 Å². The summed E-state index contributed by atoms with van der Waals surface area (Å²) in [4.78, 5) is 18.8. The lowest BCUT2D eigenvalue weighted by Crippen LogP contribution is -2.01. The van der Waals surface area contributed by atoms with Crippen molar-refractivity contribution in [3.05, 3.63) is 41.7 Å². The van der Waals surface area contributed by atoms with E-state index in [1.54, 1.807) is 19.6 Å². The molecule has 0 fully saturated rings. The summed E-state index contributed by atoms with van der Waals surface area (Å²) in [6.45, 7) is 2.48. The topological polar surface area (TPSA) is 57.0 Å². The van der Waals surface area contributed by atoms with Gasteiger partial charge in [-0.2, -0.15) is 0 Å². The van der Waals surface area contributed by atoms with Crippen LogP contribution in [0.2, 0.25) is 0 Å². The van der Waals surface area contributed by atoms with Gasteiger partial charge in [0.2, 0.25) is 0 Å². The zero-order chi connectivity index (χ0) is 12.3. The van der Waals surface area contributed by atoms with Gasteiger partial charge in [0.15, 0.2) is 6.29 Å². The van der Waals surface area contributed by atoms with Crippen LogP contribution in [0, 0.1) is 6.92 Å². The van der Waals surface area contributed by atoms with Gasteiger partial charge < -0.3 is 9.30 Å². The Hall–Kier alpha value is -2.17. The number of nitrogens with zero attached hydrogens (tertiary/aromatic N) is 3. The molecule has 88 valence electrons. The summed E-state index contributed by atoms with van der Waals surface area (Å²) in [7, 11) is 1.63. The molecule has 0 atom stereocenters. The Kier molecular flexibility index (Phi) is 3.18. The second-order valence-electron chi connectivity index (χ2n) is 3.73. The van der Waals surface area contributed by atoms with Crippen molar-refractivity contribution < 1.29 is 9.53 Å². The Morgan fingerprint density at radius 1 is 1.47 bits per heavy atom. The summed E-state index contributed by atoms with van der Waals surface area (Å²) in [6, 6.07) is 3.74. The first-order chi connectivity index (χ1) is 8.21. The second kappa shape index (κ2) is 4.78. The molecule has 0 bridgehead atoms. The molecule has 0 aliphatic rings. The molecule has 0 aromatic carbocycles. The number of hydrogen-bond donors (Lipinski definition) is 0. The molecule has 2 aromatic heterocycles. The van der Waals surface area contributed by atoms with Crippen molar-refractivity contribution in [2.75, 3.05) is 7.11 Å². The summed E-state index contributed by atoms with van der Waals surface area (Å²) in [5, 5.41) is 0. The Labute approximate surface area is 99.1 Å². The number of methoxy groups -OCH3 is 1. The standard InChI is InChI=1S/C12H13N3O2/c1-9-3-12(17-2)4-10(14-9)5-15-6-11(7-16)13-8-15/h3-4,6-8H,5H2,1-2H3. The maximum absolute atomic E-state index is 10.5. The number of ether oxygens (including phenoxy) is 1. The van der Waals surface area contributed by atoms with Crippen LogP contribution in [0.1, 0.15) is 21.9 Å². The molecule has 0 aliphatic heterocycles.